The Morgan fingerprint density at radius 3 is 2.45 bits per heavy atom. The average molecular weight is 373 g/mol. The van der Waals surface area contributed by atoms with Gasteiger partial charge in [-0.3, -0.25) is 0 Å². The van der Waals surface area contributed by atoms with Gasteiger partial charge >= 0.3 is 0 Å². The molecule has 1 rings (SSSR count). The summed E-state index contributed by atoms with van der Waals surface area (Å²) in [5.41, 5.74) is 0.358. The maximum atomic E-state index is 11.7. The summed E-state index contributed by atoms with van der Waals surface area (Å²) < 4.78 is 61.0. The maximum absolute atomic E-state index is 11.7. The quantitative estimate of drug-likeness (QED) is 0.489. The molecular formula is C11H19NO7S3. The minimum absolute atomic E-state index is 0.0185. The molecule has 0 aromatic carbocycles. The van der Waals surface area contributed by atoms with Crippen LogP contribution in [-0.4, -0.2) is 49.9 Å². The lowest BCUT2D eigenvalue weighted by molar-refractivity contribution is -0.174. The van der Waals surface area contributed by atoms with E-state index in [1.165, 1.54) is 13.2 Å². The van der Waals surface area contributed by atoms with Crippen molar-refractivity contribution in [2.75, 3.05) is 26.8 Å². The second-order valence-corrected chi connectivity index (χ2v) is 9.49. The van der Waals surface area contributed by atoms with Crippen molar-refractivity contribution in [3.05, 3.63) is 11.6 Å². The molecule has 1 aromatic rings. The highest BCUT2D eigenvalue weighted by Crippen LogP contribution is 2.30. The van der Waals surface area contributed by atoms with Crippen LogP contribution in [-0.2, 0) is 40.5 Å². The summed E-state index contributed by atoms with van der Waals surface area (Å²) in [6.07, 6.45) is 0.820. The second-order valence-electron chi connectivity index (χ2n) is 4.44. The van der Waals surface area contributed by atoms with Gasteiger partial charge in [-0.2, -0.15) is 0 Å². The average Bonchev–Trinajstić information content (AvgIpc) is 2.82. The summed E-state index contributed by atoms with van der Waals surface area (Å²) in [4.78, 5) is 0. The van der Waals surface area contributed by atoms with Gasteiger partial charge in [0.2, 0.25) is 10.0 Å². The summed E-state index contributed by atoms with van der Waals surface area (Å²) in [5, 5.41) is 5.03. The Morgan fingerprint density at radius 2 is 1.95 bits per heavy atom. The van der Waals surface area contributed by atoms with Crippen molar-refractivity contribution >= 4 is 31.2 Å². The third-order valence-corrected chi connectivity index (χ3v) is 7.08. The van der Waals surface area contributed by atoms with Gasteiger partial charge in [0.05, 0.1) is 6.61 Å². The molecule has 0 radical (unpaired) electrons. The number of hydrogen-bond donors (Lipinski definition) is 1. The standard InChI is InChI=1S/C11H19NO7S3/c1-8(17-2)19-7-18-5-4-9-6-10(22(12,15)16)20-11(9)21(3,13)14/h6,8H,4-5,7H2,1-3H3,(H2,12,15,16). The first-order valence-electron chi connectivity index (χ1n) is 6.13. The fourth-order valence-corrected chi connectivity index (χ4v) is 4.84. The number of rotatable bonds is 9. The zero-order valence-corrected chi connectivity index (χ0v) is 14.9. The van der Waals surface area contributed by atoms with E-state index in [-0.39, 0.29) is 28.2 Å². The minimum atomic E-state index is -3.94. The molecule has 1 unspecified atom stereocenters. The zero-order chi connectivity index (χ0) is 17.0. The van der Waals surface area contributed by atoms with E-state index in [9.17, 15) is 16.8 Å². The SMILES string of the molecule is COC(C)OCOCCc1cc(S(N)(=O)=O)sc1S(C)(=O)=O. The smallest absolute Gasteiger partial charge is 0.247 e. The molecule has 2 N–H and O–H groups in total. The molecule has 0 aliphatic rings. The van der Waals surface area contributed by atoms with E-state index in [1.807, 2.05) is 0 Å². The number of ether oxygens (including phenoxy) is 3. The van der Waals surface area contributed by atoms with Crippen LogP contribution in [0, 0.1) is 0 Å². The van der Waals surface area contributed by atoms with Crippen LogP contribution < -0.4 is 5.14 Å². The van der Waals surface area contributed by atoms with Gasteiger partial charge in [0, 0.05) is 13.4 Å². The van der Waals surface area contributed by atoms with Gasteiger partial charge in [-0.1, -0.05) is 0 Å². The van der Waals surface area contributed by atoms with Crippen molar-refractivity contribution in [3.8, 4) is 0 Å². The first-order valence-corrected chi connectivity index (χ1v) is 10.4. The third-order valence-electron chi connectivity index (χ3n) is 2.60. The Kier molecular flexibility index (Phi) is 6.92. The summed E-state index contributed by atoms with van der Waals surface area (Å²) in [6.45, 7) is 1.84. The topological polar surface area (TPSA) is 122 Å². The van der Waals surface area contributed by atoms with Crippen molar-refractivity contribution < 1.29 is 31.0 Å². The van der Waals surface area contributed by atoms with E-state index >= 15 is 0 Å². The molecule has 22 heavy (non-hydrogen) atoms. The highest BCUT2D eigenvalue weighted by molar-refractivity contribution is 7.94. The predicted molar refractivity (Wildman–Crippen MR) is 80.9 cm³/mol. The molecule has 11 heteroatoms. The van der Waals surface area contributed by atoms with Crippen LogP contribution in [0.2, 0.25) is 0 Å². The van der Waals surface area contributed by atoms with Gasteiger partial charge in [0.25, 0.3) is 0 Å². The molecule has 0 aliphatic carbocycles. The largest absolute Gasteiger partial charge is 0.356 e. The minimum Gasteiger partial charge on any atom is -0.356 e. The lowest BCUT2D eigenvalue weighted by Gasteiger charge is -2.11. The number of methoxy groups -OCH3 is 1. The molecule has 0 bridgehead atoms. The van der Waals surface area contributed by atoms with E-state index in [0.717, 1.165) is 6.26 Å². The van der Waals surface area contributed by atoms with Gasteiger partial charge in [0.1, 0.15) is 15.2 Å². The molecule has 0 aliphatic heterocycles. The number of sulfonamides is 1. The summed E-state index contributed by atoms with van der Waals surface area (Å²) in [7, 11) is -5.99. The first kappa shape index (κ1) is 19.5. The lowest BCUT2D eigenvalue weighted by atomic mass is 10.2. The fraction of sp³-hybridized carbons (Fsp3) is 0.636. The molecule has 128 valence electrons. The second kappa shape index (κ2) is 7.81. The van der Waals surface area contributed by atoms with Crippen LogP contribution in [0.4, 0.5) is 0 Å². The highest BCUT2D eigenvalue weighted by Gasteiger charge is 2.22. The monoisotopic (exact) mass is 373 g/mol. The molecule has 0 saturated heterocycles. The number of hydrogen-bond acceptors (Lipinski definition) is 8. The van der Waals surface area contributed by atoms with E-state index in [0.29, 0.717) is 16.9 Å². The molecule has 8 nitrogen and oxygen atoms in total. The maximum Gasteiger partial charge on any atom is 0.247 e. The number of primary sulfonamides is 1. The van der Waals surface area contributed by atoms with E-state index in [4.69, 9.17) is 19.3 Å². The van der Waals surface area contributed by atoms with Crippen LogP contribution in [0.3, 0.4) is 0 Å². The van der Waals surface area contributed by atoms with Gasteiger partial charge in [-0.15, -0.1) is 11.3 Å². The van der Waals surface area contributed by atoms with Gasteiger partial charge in [-0.05, 0) is 25.0 Å². The van der Waals surface area contributed by atoms with Crippen molar-refractivity contribution in [2.45, 2.75) is 28.1 Å². The fourth-order valence-electron chi connectivity index (χ4n) is 1.47. The Morgan fingerprint density at radius 1 is 1.32 bits per heavy atom. The van der Waals surface area contributed by atoms with Gasteiger partial charge < -0.3 is 14.2 Å². The van der Waals surface area contributed by atoms with Gasteiger partial charge in [0.15, 0.2) is 16.1 Å². The summed E-state index contributed by atoms with van der Waals surface area (Å²) in [6, 6.07) is 1.26. The van der Waals surface area contributed by atoms with Crippen molar-refractivity contribution in [3.63, 3.8) is 0 Å². The van der Waals surface area contributed by atoms with Crippen LogP contribution >= 0.6 is 11.3 Å². The molecule has 1 atom stereocenters. The Bertz CT molecular complexity index is 693. The summed E-state index contributed by atoms with van der Waals surface area (Å²) >= 11 is 0.638. The van der Waals surface area contributed by atoms with Gasteiger partial charge in [-0.25, -0.2) is 22.0 Å². The molecule has 1 heterocycles. The number of thiophene rings is 1. The van der Waals surface area contributed by atoms with Crippen LogP contribution in [0.25, 0.3) is 0 Å². The van der Waals surface area contributed by atoms with Crippen LogP contribution in [0.5, 0.6) is 0 Å². The molecular weight excluding hydrogens is 354 g/mol. The lowest BCUT2D eigenvalue weighted by Crippen LogP contribution is -2.14. The Hall–Kier alpha value is -0.560. The predicted octanol–water partition coefficient (Wildman–Crippen LogP) is 0.325. The zero-order valence-electron chi connectivity index (χ0n) is 12.4. The molecule has 0 spiro atoms. The normalized spacial score (nSPS) is 14.2. The summed E-state index contributed by atoms with van der Waals surface area (Å²) in [5.74, 6) is 0. The molecule has 0 fully saturated rings. The molecule has 0 amide bonds. The Balaban J connectivity index is 2.76. The van der Waals surface area contributed by atoms with Crippen molar-refractivity contribution in [1.82, 2.24) is 0 Å². The molecule has 0 saturated carbocycles. The number of sulfone groups is 1. The van der Waals surface area contributed by atoms with Crippen molar-refractivity contribution in [1.29, 1.82) is 0 Å². The highest BCUT2D eigenvalue weighted by atomic mass is 32.3. The van der Waals surface area contributed by atoms with E-state index in [2.05, 4.69) is 0 Å². The third kappa shape index (κ3) is 5.91. The number of nitrogens with two attached hydrogens (primary N) is 1. The molecule has 1 aromatic heterocycles. The Labute approximate surface area is 134 Å². The van der Waals surface area contributed by atoms with Crippen LogP contribution in [0.15, 0.2) is 14.5 Å². The first-order chi connectivity index (χ1) is 10.1. The van der Waals surface area contributed by atoms with E-state index in [1.54, 1.807) is 6.92 Å². The van der Waals surface area contributed by atoms with Crippen LogP contribution in [0.1, 0.15) is 12.5 Å². The van der Waals surface area contributed by atoms with Crippen molar-refractivity contribution in [2.24, 2.45) is 5.14 Å². The van der Waals surface area contributed by atoms with E-state index < -0.39 is 26.2 Å².